The number of hydrogen-bond donors (Lipinski definition) is 1. The topological polar surface area (TPSA) is 38.9 Å². The molecule has 2 nitrogen and oxygen atoms in total. The quantitative estimate of drug-likeness (QED) is 0.769. The third-order valence-electron chi connectivity index (χ3n) is 3.83. The van der Waals surface area contributed by atoms with Gasteiger partial charge in [0.15, 0.2) is 0 Å². The van der Waals surface area contributed by atoms with Crippen molar-refractivity contribution >= 4 is 10.9 Å². The third-order valence-corrected chi connectivity index (χ3v) is 3.83. The maximum Gasteiger partial charge on any atom is 0.123 e. The van der Waals surface area contributed by atoms with E-state index in [9.17, 15) is 4.39 Å². The Morgan fingerprint density at radius 1 is 1.00 bits per heavy atom. The maximum atomic E-state index is 13.2. The molecule has 0 bridgehead atoms. The molecule has 0 fully saturated rings. The van der Waals surface area contributed by atoms with Crippen LogP contribution in [0, 0.1) is 19.7 Å². The second-order valence-electron chi connectivity index (χ2n) is 5.36. The molecule has 3 heteroatoms. The predicted octanol–water partition coefficient (Wildman–Crippen LogP) is 4.04. The Hall–Kier alpha value is -2.26. The Kier molecular flexibility index (Phi) is 3.43. The summed E-state index contributed by atoms with van der Waals surface area (Å²) >= 11 is 0. The number of pyridine rings is 1. The van der Waals surface area contributed by atoms with E-state index in [1.54, 1.807) is 6.07 Å². The Morgan fingerprint density at radius 3 is 2.52 bits per heavy atom. The predicted molar refractivity (Wildman–Crippen MR) is 83.6 cm³/mol. The highest BCUT2D eigenvalue weighted by Crippen LogP contribution is 2.25. The van der Waals surface area contributed by atoms with Crippen LogP contribution < -0.4 is 5.73 Å². The minimum atomic E-state index is -0.353. The third kappa shape index (κ3) is 2.52. The van der Waals surface area contributed by atoms with E-state index < -0.39 is 0 Å². The molecule has 21 heavy (non-hydrogen) atoms. The van der Waals surface area contributed by atoms with Crippen LogP contribution in [0.4, 0.5) is 4.39 Å². The second kappa shape index (κ2) is 5.26. The van der Waals surface area contributed by atoms with E-state index in [0.29, 0.717) is 0 Å². The normalized spacial score (nSPS) is 12.6. The highest BCUT2D eigenvalue weighted by molar-refractivity contribution is 5.82. The number of aromatic nitrogens is 1. The minimum absolute atomic E-state index is 0.244. The van der Waals surface area contributed by atoms with Crippen molar-refractivity contribution in [3.63, 3.8) is 0 Å². The van der Waals surface area contributed by atoms with Crippen LogP contribution in [0.1, 0.15) is 28.4 Å². The van der Waals surface area contributed by atoms with Gasteiger partial charge in [-0.05, 0) is 54.8 Å². The molecule has 1 aromatic heterocycles. The fourth-order valence-corrected chi connectivity index (χ4v) is 2.68. The lowest BCUT2D eigenvalue weighted by molar-refractivity contribution is 0.624. The van der Waals surface area contributed by atoms with Crippen LogP contribution in [0.3, 0.4) is 0 Å². The molecule has 0 saturated heterocycles. The summed E-state index contributed by atoms with van der Waals surface area (Å²) in [5.74, 6) is -0.244. The monoisotopic (exact) mass is 280 g/mol. The summed E-state index contributed by atoms with van der Waals surface area (Å²) in [5, 5.41) is 1.13. The lowest BCUT2D eigenvalue weighted by Gasteiger charge is -2.16. The van der Waals surface area contributed by atoms with Gasteiger partial charge in [0, 0.05) is 5.39 Å². The van der Waals surface area contributed by atoms with Gasteiger partial charge in [-0.3, -0.25) is 4.98 Å². The molecular formula is C18H17FN2. The van der Waals surface area contributed by atoms with Gasteiger partial charge in [0.1, 0.15) is 5.82 Å². The fraction of sp³-hybridized carbons (Fsp3) is 0.167. The highest BCUT2D eigenvalue weighted by Gasteiger charge is 2.15. The number of benzene rings is 2. The van der Waals surface area contributed by atoms with Crippen LogP contribution in [0.2, 0.25) is 0 Å². The van der Waals surface area contributed by atoms with Crippen LogP contribution in [0.25, 0.3) is 10.9 Å². The molecular weight excluding hydrogens is 263 g/mol. The number of rotatable bonds is 2. The molecule has 0 aliphatic heterocycles. The number of nitrogens with two attached hydrogens (primary N) is 1. The van der Waals surface area contributed by atoms with E-state index in [0.717, 1.165) is 33.3 Å². The molecule has 106 valence electrons. The van der Waals surface area contributed by atoms with Crippen molar-refractivity contribution in [3.05, 3.63) is 76.7 Å². The van der Waals surface area contributed by atoms with Crippen LogP contribution in [0.5, 0.6) is 0 Å². The van der Waals surface area contributed by atoms with Crippen molar-refractivity contribution in [2.24, 2.45) is 5.73 Å². The van der Waals surface area contributed by atoms with Gasteiger partial charge in [0.2, 0.25) is 0 Å². The van der Waals surface area contributed by atoms with Crippen molar-refractivity contribution in [2.75, 3.05) is 0 Å². The zero-order valence-corrected chi connectivity index (χ0v) is 12.1. The molecule has 0 saturated carbocycles. The standard InChI is InChI=1S/C18H17FN2/c1-11-9-13(19)7-8-15(11)18(20)17-10-12(2)14-5-3-4-6-16(14)21-17/h3-10,18H,20H2,1-2H3. The largest absolute Gasteiger partial charge is 0.319 e. The van der Waals surface area contributed by atoms with Crippen LogP contribution in [0.15, 0.2) is 48.5 Å². The molecule has 2 N–H and O–H groups in total. The molecule has 0 amide bonds. The van der Waals surface area contributed by atoms with Gasteiger partial charge in [-0.15, -0.1) is 0 Å². The molecule has 0 spiro atoms. The molecule has 2 aromatic carbocycles. The van der Waals surface area contributed by atoms with Gasteiger partial charge in [-0.25, -0.2) is 4.39 Å². The van der Waals surface area contributed by atoms with Crippen molar-refractivity contribution in [1.82, 2.24) is 4.98 Å². The number of nitrogens with zero attached hydrogens (tertiary/aromatic N) is 1. The van der Waals surface area contributed by atoms with Gasteiger partial charge in [-0.1, -0.05) is 24.3 Å². The van der Waals surface area contributed by atoms with E-state index >= 15 is 0 Å². The van der Waals surface area contributed by atoms with E-state index in [1.165, 1.54) is 12.1 Å². The van der Waals surface area contributed by atoms with E-state index in [4.69, 9.17) is 5.73 Å². The van der Waals surface area contributed by atoms with Crippen LogP contribution >= 0.6 is 0 Å². The molecule has 3 rings (SSSR count). The number of aryl methyl sites for hydroxylation is 2. The molecule has 0 radical (unpaired) electrons. The molecule has 1 unspecified atom stereocenters. The Labute approximate surface area is 123 Å². The molecule has 3 aromatic rings. The molecule has 0 aliphatic carbocycles. The minimum Gasteiger partial charge on any atom is -0.319 e. The summed E-state index contributed by atoms with van der Waals surface area (Å²) in [6, 6.07) is 14.3. The Balaban J connectivity index is 2.11. The average molecular weight is 280 g/mol. The van der Waals surface area contributed by atoms with Gasteiger partial charge < -0.3 is 5.73 Å². The summed E-state index contributed by atoms with van der Waals surface area (Å²) in [4.78, 5) is 4.66. The number of para-hydroxylation sites is 1. The zero-order chi connectivity index (χ0) is 15.0. The summed E-state index contributed by atoms with van der Waals surface area (Å²) in [5.41, 5.74) is 11.0. The van der Waals surface area contributed by atoms with Crippen LogP contribution in [-0.2, 0) is 0 Å². The maximum absolute atomic E-state index is 13.2. The van der Waals surface area contributed by atoms with Crippen molar-refractivity contribution in [1.29, 1.82) is 0 Å². The van der Waals surface area contributed by atoms with E-state index in [-0.39, 0.29) is 11.9 Å². The first-order valence-corrected chi connectivity index (χ1v) is 6.94. The summed E-state index contributed by atoms with van der Waals surface area (Å²) < 4.78 is 13.2. The summed E-state index contributed by atoms with van der Waals surface area (Å²) in [6.45, 7) is 3.92. The van der Waals surface area contributed by atoms with Gasteiger partial charge in [0.05, 0.1) is 17.3 Å². The molecule has 1 atom stereocenters. The lowest BCUT2D eigenvalue weighted by atomic mass is 9.97. The first kappa shape index (κ1) is 13.7. The fourth-order valence-electron chi connectivity index (χ4n) is 2.68. The van der Waals surface area contributed by atoms with Crippen molar-refractivity contribution in [3.8, 4) is 0 Å². The second-order valence-corrected chi connectivity index (χ2v) is 5.36. The number of halogens is 1. The van der Waals surface area contributed by atoms with Gasteiger partial charge in [0.25, 0.3) is 0 Å². The SMILES string of the molecule is Cc1cc(F)ccc1C(N)c1cc(C)c2ccccc2n1. The van der Waals surface area contributed by atoms with E-state index in [1.807, 2.05) is 31.2 Å². The summed E-state index contributed by atoms with van der Waals surface area (Å²) in [6.07, 6.45) is 0. The zero-order valence-electron chi connectivity index (χ0n) is 12.1. The molecule has 1 heterocycles. The molecule has 0 aliphatic rings. The van der Waals surface area contributed by atoms with Crippen molar-refractivity contribution < 1.29 is 4.39 Å². The van der Waals surface area contributed by atoms with Gasteiger partial charge in [-0.2, -0.15) is 0 Å². The van der Waals surface area contributed by atoms with Gasteiger partial charge >= 0.3 is 0 Å². The highest BCUT2D eigenvalue weighted by atomic mass is 19.1. The van der Waals surface area contributed by atoms with Crippen molar-refractivity contribution in [2.45, 2.75) is 19.9 Å². The Morgan fingerprint density at radius 2 is 1.76 bits per heavy atom. The first-order chi connectivity index (χ1) is 10.1. The summed E-state index contributed by atoms with van der Waals surface area (Å²) in [7, 11) is 0. The smallest absolute Gasteiger partial charge is 0.123 e. The average Bonchev–Trinajstić information content (AvgIpc) is 2.46. The van der Waals surface area contributed by atoms with E-state index in [2.05, 4.69) is 18.0 Å². The lowest BCUT2D eigenvalue weighted by Crippen LogP contribution is -2.15. The first-order valence-electron chi connectivity index (χ1n) is 6.94. The van der Waals surface area contributed by atoms with Crippen LogP contribution in [-0.4, -0.2) is 4.98 Å². The Bertz CT molecular complexity index is 811. The number of fused-ring (bicyclic) bond motifs is 1. The number of hydrogen-bond acceptors (Lipinski definition) is 2.